The van der Waals surface area contributed by atoms with E-state index in [9.17, 15) is 9.18 Å². The van der Waals surface area contributed by atoms with Crippen LogP contribution in [0.15, 0.2) is 24.3 Å². The summed E-state index contributed by atoms with van der Waals surface area (Å²) < 4.78 is 19.0. The van der Waals surface area contributed by atoms with E-state index in [0.717, 1.165) is 17.7 Å². The highest BCUT2D eigenvalue weighted by Crippen LogP contribution is 2.31. The van der Waals surface area contributed by atoms with Crippen LogP contribution in [0.25, 0.3) is 0 Å². The van der Waals surface area contributed by atoms with Gasteiger partial charge in [-0.15, -0.1) is 0 Å². The van der Waals surface area contributed by atoms with Gasteiger partial charge in [-0.3, -0.25) is 4.79 Å². The van der Waals surface area contributed by atoms with E-state index >= 15 is 0 Å². The molecule has 0 aliphatic carbocycles. The Kier molecular flexibility index (Phi) is 4.25. The number of nitrogens with one attached hydrogen (secondary N) is 1. The van der Waals surface area contributed by atoms with E-state index in [1.807, 2.05) is 30.3 Å². The minimum Gasteiger partial charge on any atom is -0.493 e. The third-order valence-electron chi connectivity index (χ3n) is 4.18. The molecule has 116 valence electrons. The summed E-state index contributed by atoms with van der Waals surface area (Å²) >= 11 is 0. The summed E-state index contributed by atoms with van der Waals surface area (Å²) in [6.07, 6.45) is -0.211. The summed E-state index contributed by atoms with van der Waals surface area (Å²) in [5.74, 6) is 0.606. The fraction of sp³-hybridized carbons (Fsp3) is 0.500. The van der Waals surface area contributed by atoms with Crippen molar-refractivity contribution in [3.05, 3.63) is 29.8 Å². The highest BCUT2D eigenvalue weighted by Gasteiger charge is 2.35. The Bertz CT molecular complexity index is 601. The predicted octanol–water partition coefficient (Wildman–Crippen LogP) is 1.56. The molecular formula is C16H18FN3O2. The number of nitriles is 1. The van der Waals surface area contributed by atoms with Gasteiger partial charge in [0, 0.05) is 24.4 Å². The van der Waals surface area contributed by atoms with Gasteiger partial charge in [-0.25, -0.2) is 4.39 Å². The number of halogens is 1. The summed E-state index contributed by atoms with van der Waals surface area (Å²) in [7, 11) is 0. The summed E-state index contributed by atoms with van der Waals surface area (Å²) in [6.45, 7) is 0.715. The molecule has 6 heteroatoms. The maximum absolute atomic E-state index is 13.4. The largest absolute Gasteiger partial charge is 0.493 e. The molecular weight excluding hydrogens is 285 g/mol. The van der Waals surface area contributed by atoms with Crippen LogP contribution in [0.4, 0.5) is 4.39 Å². The van der Waals surface area contributed by atoms with E-state index in [4.69, 9.17) is 10.00 Å². The molecule has 0 saturated carbocycles. The zero-order valence-electron chi connectivity index (χ0n) is 12.2. The number of likely N-dealkylation sites (tertiary alicyclic amines) is 1. The third kappa shape index (κ3) is 2.90. The van der Waals surface area contributed by atoms with Gasteiger partial charge in [0.15, 0.2) is 0 Å². The quantitative estimate of drug-likeness (QED) is 0.920. The minimum atomic E-state index is -1.10. The lowest BCUT2D eigenvalue weighted by molar-refractivity contribution is -0.130. The summed E-state index contributed by atoms with van der Waals surface area (Å²) in [4.78, 5) is 13.6. The number of benzene rings is 1. The number of para-hydroxylation sites is 1. The van der Waals surface area contributed by atoms with Crippen LogP contribution < -0.4 is 10.1 Å². The zero-order valence-corrected chi connectivity index (χ0v) is 12.2. The van der Waals surface area contributed by atoms with Gasteiger partial charge in [-0.05, 0) is 6.07 Å². The Balaban J connectivity index is 1.62. The van der Waals surface area contributed by atoms with Gasteiger partial charge in [-0.2, -0.15) is 5.26 Å². The molecule has 1 amide bonds. The van der Waals surface area contributed by atoms with Crippen molar-refractivity contribution < 1.29 is 13.9 Å². The van der Waals surface area contributed by atoms with Crippen molar-refractivity contribution in [1.82, 2.24) is 10.2 Å². The standard InChI is InChI=1S/C16H18FN3O2/c17-11-7-12(8-18)20(10-11)16(21)9-19-14-5-6-22-15-4-2-1-3-13(14)15/h1-4,11-12,14,19H,5-7,9-10H2/t11-,12-,14?/m0/s1. The molecule has 3 rings (SSSR count). The first-order valence-electron chi connectivity index (χ1n) is 7.47. The number of carbonyl (C=O) groups is 1. The van der Waals surface area contributed by atoms with Crippen molar-refractivity contribution in [3.8, 4) is 11.8 Å². The summed E-state index contributed by atoms with van der Waals surface area (Å²) in [5.41, 5.74) is 1.03. The molecule has 1 aromatic carbocycles. The lowest BCUT2D eigenvalue weighted by Crippen LogP contribution is -2.42. The number of fused-ring (bicyclic) bond motifs is 1. The number of nitrogens with zero attached hydrogens (tertiary/aromatic N) is 2. The normalized spacial score (nSPS) is 26.9. The second-order valence-electron chi connectivity index (χ2n) is 5.63. The molecule has 22 heavy (non-hydrogen) atoms. The highest BCUT2D eigenvalue weighted by atomic mass is 19.1. The lowest BCUT2D eigenvalue weighted by Gasteiger charge is -2.27. The van der Waals surface area contributed by atoms with Crippen LogP contribution in [-0.2, 0) is 4.79 Å². The Labute approximate surface area is 128 Å². The van der Waals surface area contributed by atoms with E-state index in [2.05, 4.69) is 5.32 Å². The van der Waals surface area contributed by atoms with Gasteiger partial charge in [-0.1, -0.05) is 18.2 Å². The number of hydrogen-bond acceptors (Lipinski definition) is 4. The Morgan fingerprint density at radius 1 is 1.50 bits per heavy atom. The highest BCUT2D eigenvalue weighted by molar-refractivity contribution is 5.79. The van der Waals surface area contributed by atoms with Crippen molar-refractivity contribution in [1.29, 1.82) is 5.26 Å². The molecule has 2 aliphatic rings. The molecule has 1 unspecified atom stereocenters. The van der Waals surface area contributed by atoms with Crippen molar-refractivity contribution in [2.24, 2.45) is 0 Å². The van der Waals surface area contributed by atoms with Crippen LogP contribution in [-0.4, -0.2) is 42.7 Å². The number of hydrogen-bond donors (Lipinski definition) is 1. The fourth-order valence-electron chi connectivity index (χ4n) is 3.05. The second-order valence-corrected chi connectivity index (χ2v) is 5.63. The molecule has 1 saturated heterocycles. The molecule has 2 aliphatic heterocycles. The Hall–Kier alpha value is -2.13. The molecule has 2 heterocycles. The van der Waals surface area contributed by atoms with Gasteiger partial charge >= 0.3 is 0 Å². The zero-order chi connectivity index (χ0) is 15.5. The first-order valence-corrected chi connectivity index (χ1v) is 7.47. The molecule has 0 bridgehead atoms. The number of carbonyl (C=O) groups excluding carboxylic acids is 1. The third-order valence-corrected chi connectivity index (χ3v) is 4.18. The minimum absolute atomic E-state index is 0.0170. The van der Waals surface area contributed by atoms with Gasteiger partial charge in [0.05, 0.1) is 25.8 Å². The van der Waals surface area contributed by atoms with Crippen LogP contribution >= 0.6 is 0 Å². The maximum Gasteiger partial charge on any atom is 0.237 e. The van der Waals surface area contributed by atoms with E-state index in [-0.39, 0.29) is 31.5 Å². The molecule has 1 fully saturated rings. The van der Waals surface area contributed by atoms with Crippen molar-refractivity contribution >= 4 is 5.91 Å². The summed E-state index contributed by atoms with van der Waals surface area (Å²) in [5, 5.41) is 12.2. The van der Waals surface area contributed by atoms with Crippen molar-refractivity contribution in [2.75, 3.05) is 19.7 Å². The molecule has 1 N–H and O–H groups in total. The number of rotatable bonds is 3. The number of alkyl halides is 1. The molecule has 3 atom stereocenters. The molecule has 5 nitrogen and oxygen atoms in total. The molecule has 0 radical (unpaired) electrons. The van der Waals surface area contributed by atoms with Crippen LogP contribution in [0, 0.1) is 11.3 Å². The topological polar surface area (TPSA) is 65.4 Å². The van der Waals surface area contributed by atoms with E-state index in [0.29, 0.717) is 6.61 Å². The number of amides is 1. The summed E-state index contributed by atoms with van der Waals surface area (Å²) in [6, 6.07) is 9.12. The van der Waals surface area contributed by atoms with Gasteiger partial charge < -0.3 is 15.0 Å². The monoisotopic (exact) mass is 303 g/mol. The van der Waals surface area contributed by atoms with Gasteiger partial charge in [0.1, 0.15) is 18.0 Å². The van der Waals surface area contributed by atoms with E-state index in [1.165, 1.54) is 4.90 Å². The molecule has 0 aromatic heterocycles. The molecule has 0 spiro atoms. The second kappa shape index (κ2) is 6.32. The Morgan fingerprint density at radius 2 is 2.32 bits per heavy atom. The lowest BCUT2D eigenvalue weighted by atomic mass is 10.0. The van der Waals surface area contributed by atoms with Crippen LogP contribution in [0.1, 0.15) is 24.4 Å². The van der Waals surface area contributed by atoms with E-state index in [1.54, 1.807) is 0 Å². The van der Waals surface area contributed by atoms with E-state index < -0.39 is 12.2 Å². The SMILES string of the molecule is N#C[C@@H]1C[C@H](F)CN1C(=O)CNC1CCOc2ccccc21. The average molecular weight is 303 g/mol. The van der Waals surface area contributed by atoms with Crippen molar-refractivity contribution in [3.63, 3.8) is 0 Å². The maximum atomic E-state index is 13.4. The van der Waals surface area contributed by atoms with Gasteiger partial charge in [0.25, 0.3) is 0 Å². The number of ether oxygens (including phenoxy) is 1. The van der Waals surface area contributed by atoms with Gasteiger partial charge in [0.2, 0.25) is 5.91 Å². The van der Waals surface area contributed by atoms with Crippen LogP contribution in [0.2, 0.25) is 0 Å². The van der Waals surface area contributed by atoms with Crippen LogP contribution in [0.3, 0.4) is 0 Å². The predicted molar refractivity (Wildman–Crippen MR) is 77.9 cm³/mol. The molecule has 1 aromatic rings. The first kappa shape index (κ1) is 14.8. The Morgan fingerprint density at radius 3 is 3.14 bits per heavy atom. The van der Waals surface area contributed by atoms with Crippen LogP contribution in [0.5, 0.6) is 5.75 Å². The fourth-order valence-corrected chi connectivity index (χ4v) is 3.05. The average Bonchev–Trinajstić information content (AvgIpc) is 2.93. The first-order chi connectivity index (χ1) is 10.7. The smallest absolute Gasteiger partial charge is 0.237 e. The van der Waals surface area contributed by atoms with Crippen molar-refractivity contribution in [2.45, 2.75) is 31.1 Å².